The highest BCUT2D eigenvalue weighted by Gasteiger charge is 2.01. The fourth-order valence-electron chi connectivity index (χ4n) is 1.39. The molecule has 2 aromatic heterocycles. The molecule has 2 rings (SSSR count). The van der Waals surface area contributed by atoms with E-state index < -0.39 is 0 Å². The van der Waals surface area contributed by atoms with Gasteiger partial charge in [-0.1, -0.05) is 18.3 Å². The molecular weight excluding hydrogens is 222 g/mol. The minimum absolute atomic E-state index is 0.748. The van der Waals surface area contributed by atoms with E-state index in [1.807, 2.05) is 17.8 Å². The molecule has 2 heterocycles. The van der Waals surface area contributed by atoms with E-state index in [2.05, 4.69) is 33.7 Å². The first-order chi connectivity index (χ1) is 7.78. The molecule has 5 nitrogen and oxygen atoms in total. The number of aryl methyl sites for hydroxylation is 2. The Balaban J connectivity index is 1.89. The Labute approximate surface area is 98.5 Å². The SMILES string of the molecule is CCCn1cc(CNc2nnc(C)s2)cn1. The second-order valence-corrected chi connectivity index (χ2v) is 4.77. The summed E-state index contributed by atoms with van der Waals surface area (Å²) < 4.78 is 1.96. The summed E-state index contributed by atoms with van der Waals surface area (Å²) in [5.41, 5.74) is 1.17. The first-order valence-corrected chi connectivity index (χ1v) is 6.15. The average Bonchev–Trinajstić information content (AvgIpc) is 2.85. The molecule has 0 saturated heterocycles. The van der Waals surface area contributed by atoms with E-state index in [1.165, 1.54) is 5.56 Å². The quantitative estimate of drug-likeness (QED) is 0.865. The predicted octanol–water partition coefficient (Wildman–Crippen LogP) is 2.07. The lowest BCUT2D eigenvalue weighted by Crippen LogP contribution is -1.98. The molecule has 0 amide bonds. The second-order valence-electron chi connectivity index (χ2n) is 3.59. The lowest BCUT2D eigenvalue weighted by molar-refractivity contribution is 0.602. The maximum absolute atomic E-state index is 4.27. The molecule has 16 heavy (non-hydrogen) atoms. The van der Waals surface area contributed by atoms with Gasteiger partial charge in [-0.05, 0) is 13.3 Å². The van der Waals surface area contributed by atoms with Crippen molar-refractivity contribution >= 4 is 16.5 Å². The molecule has 0 unspecified atom stereocenters. The number of hydrogen-bond acceptors (Lipinski definition) is 5. The van der Waals surface area contributed by atoms with Crippen LogP contribution in [0.15, 0.2) is 12.4 Å². The number of nitrogens with zero attached hydrogens (tertiary/aromatic N) is 4. The van der Waals surface area contributed by atoms with E-state index in [1.54, 1.807) is 11.3 Å². The summed E-state index contributed by atoms with van der Waals surface area (Å²) in [6, 6.07) is 0. The van der Waals surface area contributed by atoms with Crippen LogP contribution >= 0.6 is 11.3 Å². The molecule has 0 aliphatic carbocycles. The van der Waals surface area contributed by atoms with Crippen molar-refractivity contribution in [3.8, 4) is 0 Å². The summed E-state index contributed by atoms with van der Waals surface area (Å²) >= 11 is 1.56. The lowest BCUT2D eigenvalue weighted by atomic mass is 10.4. The van der Waals surface area contributed by atoms with Gasteiger partial charge in [0.25, 0.3) is 0 Å². The normalized spacial score (nSPS) is 10.6. The van der Waals surface area contributed by atoms with Crippen LogP contribution in [-0.4, -0.2) is 20.0 Å². The molecule has 0 atom stereocenters. The molecule has 0 fully saturated rings. The summed E-state index contributed by atoms with van der Waals surface area (Å²) in [7, 11) is 0. The smallest absolute Gasteiger partial charge is 0.205 e. The van der Waals surface area contributed by atoms with Crippen molar-refractivity contribution in [2.45, 2.75) is 33.4 Å². The van der Waals surface area contributed by atoms with Crippen molar-refractivity contribution in [1.29, 1.82) is 0 Å². The molecule has 0 aromatic carbocycles. The predicted molar refractivity (Wildman–Crippen MR) is 64.5 cm³/mol. The van der Waals surface area contributed by atoms with Crippen LogP contribution in [0.1, 0.15) is 23.9 Å². The van der Waals surface area contributed by atoms with Gasteiger partial charge < -0.3 is 5.32 Å². The molecule has 0 bridgehead atoms. The van der Waals surface area contributed by atoms with Gasteiger partial charge in [-0.3, -0.25) is 4.68 Å². The van der Waals surface area contributed by atoms with Gasteiger partial charge in [0.1, 0.15) is 5.01 Å². The van der Waals surface area contributed by atoms with Gasteiger partial charge in [0.2, 0.25) is 5.13 Å². The highest BCUT2D eigenvalue weighted by Crippen LogP contribution is 2.14. The van der Waals surface area contributed by atoms with E-state index in [0.29, 0.717) is 0 Å². The van der Waals surface area contributed by atoms with Crippen molar-refractivity contribution in [3.63, 3.8) is 0 Å². The van der Waals surface area contributed by atoms with Crippen LogP contribution in [0.3, 0.4) is 0 Å². The highest BCUT2D eigenvalue weighted by atomic mass is 32.1. The lowest BCUT2D eigenvalue weighted by Gasteiger charge is -1.98. The molecule has 0 saturated carbocycles. The average molecular weight is 237 g/mol. The standard InChI is InChI=1S/C10H15N5S/c1-3-4-15-7-9(6-12-15)5-11-10-14-13-8(2)16-10/h6-7H,3-5H2,1-2H3,(H,11,14). The molecule has 0 radical (unpaired) electrons. The minimum Gasteiger partial charge on any atom is -0.356 e. The monoisotopic (exact) mass is 237 g/mol. The highest BCUT2D eigenvalue weighted by molar-refractivity contribution is 7.15. The molecule has 6 heteroatoms. The van der Waals surface area contributed by atoms with Crippen LogP contribution < -0.4 is 5.32 Å². The zero-order valence-electron chi connectivity index (χ0n) is 9.47. The fourth-order valence-corrected chi connectivity index (χ4v) is 1.98. The Morgan fingerprint density at radius 1 is 1.44 bits per heavy atom. The van der Waals surface area contributed by atoms with E-state index in [-0.39, 0.29) is 0 Å². The summed E-state index contributed by atoms with van der Waals surface area (Å²) in [4.78, 5) is 0. The Kier molecular flexibility index (Phi) is 3.51. The zero-order valence-corrected chi connectivity index (χ0v) is 10.3. The van der Waals surface area contributed by atoms with Gasteiger partial charge in [-0.25, -0.2) is 0 Å². The number of anilines is 1. The van der Waals surface area contributed by atoms with Gasteiger partial charge in [-0.2, -0.15) is 5.10 Å². The Morgan fingerprint density at radius 3 is 3.00 bits per heavy atom. The van der Waals surface area contributed by atoms with Crippen molar-refractivity contribution in [3.05, 3.63) is 23.0 Å². The van der Waals surface area contributed by atoms with Gasteiger partial charge in [-0.15, -0.1) is 10.2 Å². The van der Waals surface area contributed by atoms with Gasteiger partial charge in [0.15, 0.2) is 0 Å². The van der Waals surface area contributed by atoms with Crippen LogP contribution in [0.5, 0.6) is 0 Å². The van der Waals surface area contributed by atoms with Crippen LogP contribution in [0.2, 0.25) is 0 Å². The third kappa shape index (κ3) is 2.79. The molecule has 0 spiro atoms. The first kappa shape index (κ1) is 11.1. The molecule has 0 aliphatic rings. The van der Waals surface area contributed by atoms with E-state index >= 15 is 0 Å². The Morgan fingerprint density at radius 2 is 2.31 bits per heavy atom. The van der Waals surface area contributed by atoms with E-state index in [4.69, 9.17) is 0 Å². The molecule has 2 aromatic rings. The van der Waals surface area contributed by atoms with Crippen LogP contribution in [0.4, 0.5) is 5.13 Å². The van der Waals surface area contributed by atoms with Gasteiger partial charge in [0.05, 0.1) is 6.20 Å². The number of nitrogens with one attached hydrogen (secondary N) is 1. The third-order valence-corrected chi connectivity index (χ3v) is 2.91. The van der Waals surface area contributed by atoms with Crippen molar-refractivity contribution in [2.75, 3.05) is 5.32 Å². The van der Waals surface area contributed by atoms with Crippen molar-refractivity contribution < 1.29 is 0 Å². The van der Waals surface area contributed by atoms with Crippen LogP contribution in [0, 0.1) is 6.92 Å². The molecule has 86 valence electrons. The molecular formula is C10H15N5S. The number of rotatable bonds is 5. The van der Waals surface area contributed by atoms with Gasteiger partial charge >= 0.3 is 0 Å². The van der Waals surface area contributed by atoms with E-state index in [9.17, 15) is 0 Å². The first-order valence-electron chi connectivity index (χ1n) is 5.33. The topological polar surface area (TPSA) is 55.6 Å². The van der Waals surface area contributed by atoms with Crippen LogP contribution in [-0.2, 0) is 13.1 Å². The minimum atomic E-state index is 0.748. The summed E-state index contributed by atoms with van der Waals surface area (Å²) in [6.07, 6.45) is 5.05. The second kappa shape index (κ2) is 5.07. The number of hydrogen-bond donors (Lipinski definition) is 1. The molecule has 0 aliphatic heterocycles. The van der Waals surface area contributed by atoms with Crippen LogP contribution in [0.25, 0.3) is 0 Å². The molecule has 1 N–H and O–H groups in total. The summed E-state index contributed by atoms with van der Waals surface area (Å²) in [5, 5.41) is 17.3. The van der Waals surface area contributed by atoms with Gasteiger partial charge in [0, 0.05) is 24.8 Å². The third-order valence-electron chi connectivity index (χ3n) is 2.11. The fraction of sp³-hybridized carbons (Fsp3) is 0.500. The maximum atomic E-state index is 4.27. The van der Waals surface area contributed by atoms with E-state index in [0.717, 1.165) is 29.6 Å². The largest absolute Gasteiger partial charge is 0.356 e. The summed E-state index contributed by atoms with van der Waals surface area (Å²) in [6.45, 7) is 5.81. The maximum Gasteiger partial charge on any atom is 0.205 e. The number of aromatic nitrogens is 4. The Hall–Kier alpha value is -1.43. The van der Waals surface area contributed by atoms with Crippen molar-refractivity contribution in [1.82, 2.24) is 20.0 Å². The summed E-state index contributed by atoms with van der Waals surface area (Å²) in [5.74, 6) is 0. The zero-order chi connectivity index (χ0) is 11.4. The Bertz CT molecular complexity index is 448. The van der Waals surface area contributed by atoms with Crippen molar-refractivity contribution in [2.24, 2.45) is 0 Å².